The molecule has 0 saturated heterocycles. The highest BCUT2D eigenvalue weighted by Gasteiger charge is 2.12. The number of carbonyl (C=O) groups excluding carboxylic acids is 2. The molecule has 0 bridgehead atoms. The lowest BCUT2D eigenvalue weighted by Crippen LogP contribution is -2.14. The molecule has 0 unspecified atom stereocenters. The number of hydrogen-bond donors (Lipinski definition) is 1. The van der Waals surface area contributed by atoms with Gasteiger partial charge >= 0.3 is 0 Å². The van der Waals surface area contributed by atoms with Gasteiger partial charge < -0.3 is 5.32 Å². The first kappa shape index (κ1) is 15.9. The quantitative estimate of drug-likeness (QED) is 0.879. The number of sulfone groups is 1. The highest BCUT2D eigenvalue weighted by Crippen LogP contribution is 2.17. The van der Waals surface area contributed by atoms with Gasteiger partial charge in [0.25, 0.3) is 5.91 Å². The van der Waals surface area contributed by atoms with Crippen molar-refractivity contribution in [3.05, 3.63) is 59.7 Å². The van der Waals surface area contributed by atoms with Crippen molar-refractivity contribution in [3.8, 4) is 0 Å². The van der Waals surface area contributed by atoms with Gasteiger partial charge in [0, 0.05) is 17.4 Å². The van der Waals surface area contributed by atoms with Crippen molar-refractivity contribution >= 4 is 27.2 Å². The number of carbonyl (C=O) groups is 2. The fourth-order valence-corrected chi connectivity index (χ4v) is 2.58. The monoisotopic (exact) mass is 317 g/mol. The third-order valence-corrected chi connectivity index (χ3v) is 4.23. The molecule has 0 saturated carbocycles. The SMILES string of the molecule is CC(=O)c1ccccc1NC(=O)c1ccc(S(C)(=O)=O)cc1. The van der Waals surface area contributed by atoms with E-state index in [9.17, 15) is 18.0 Å². The van der Waals surface area contributed by atoms with Crippen molar-refractivity contribution in [2.75, 3.05) is 11.6 Å². The van der Waals surface area contributed by atoms with E-state index in [4.69, 9.17) is 0 Å². The third-order valence-electron chi connectivity index (χ3n) is 3.10. The molecule has 2 aromatic rings. The summed E-state index contributed by atoms with van der Waals surface area (Å²) in [5.74, 6) is -0.558. The van der Waals surface area contributed by atoms with E-state index in [2.05, 4.69) is 5.32 Å². The Kier molecular flexibility index (Phi) is 4.42. The van der Waals surface area contributed by atoms with Gasteiger partial charge in [-0.05, 0) is 43.3 Å². The van der Waals surface area contributed by atoms with Crippen LogP contribution in [0.5, 0.6) is 0 Å². The van der Waals surface area contributed by atoms with E-state index in [1.807, 2.05) is 0 Å². The maximum atomic E-state index is 12.2. The maximum absolute atomic E-state index is 12.2. The predicted octanol–water partition coefficient (Wildman–Crippen LogP) is 2.55. The van der Waals surface area contributed by atoms with E-state index in [0.29, 0.717) is 16.8 Å². The van der Waals surface area contributed by atoms with Crippen molar-refractivity contribution in [1.82, 2.24) is 0 Å². The molecule has 0 heterocycles. The summed E-state index contributed by atoms with van der Waals surface area (Å²) in [6.45, 7) is 1.42. The van der Waals surface area contributed by atoms with E-state index in [1.54, 1.807) is 24.3 Å². The number of anilines is 1. The number of ketones is 1. The molecule has 6 heteroatoms. The molecule has 0 fully saturated rings. The molecule has 0 atom stereocenters. The first-order valence-electron chi connectivity index (χ1n) is 6.50. The summed E-state index contributed by atoms with van der Waals surface area (Å²) in [7, 11) is -3.30. The third kappa shape index (κ3) is 3.59. The van der Waals surface area contributed by atoms with E-state index in [0.717, 1.165) is 6.26 Å². The van der Waals surface area contributed by atoms with E-state index in [1.165, 1.54) is 31.2 Å². The Morgan fingerprint density at radius 2 is 1.55 bits per heavy atom. The lowest BCUT2D eigenvalue weighted by molar-refractivity contribution is 0.101. The smallest absolute Gasteiger partial charge is 0.255 e. The van der Waals surface area contributed by atoms with Gasteiger partial charge in [-0.2, -0.15) is 0 Å². The summed E-state index contributed by atoms with van der Waals surface area (Å²) in [6, 6.07) is 12.3. The van der Waals surface area contributed by atoms with E-state index in [-0.39, 0.29) is 10.7 Å². The van der Waals surface area contributed by atoms with Crippen LogP contribution in [0, 0.1) is 0 Å². The van der Waals surface area contributed by atoms with Crippen LogP contribution in [0.1, 0.15) is 27.6 Å². The maximum Gasteiger partial charge on any atom is 0.255 e. The Hall–Kier alpha value is -2.47. The fraction of sp³-hybridized carbons (Fsp3) is 0.125. The normalized spacial score (nSPS) is 11.0. The zero-order valence-corrected chi connectivity index (χ0v) is 13.0. The van der Waals surface area contributed by atoms with Crippen LogP contribution in [0.25, 0.3) is 0 Å². The average Bonchev–Trinajstić information content (AvgIpc) is 2.46. The second-order valence-corrected chi connectivity index (χ2v) is 6.87. The van der Waals surface area contributed by atoms with Gasteiger partial charge in [0.05, 0.1) is 10.6 Å². The lowest BCUT2D eigenvalue weighted by atomic mass is 10.1. The number of rotatable bonds is 4. The topological polar surface area (TPSA) is 80.3 Å². The zero-order valence-electron chi connectivity index (χ0n) is 12.2. The van der Waals surface area contributed by atoms with Gasteiger partial charge in [0.1, 0.15) is 0 Å². The molecule has 5 nitrogen and oxygen atoms in total. The van der Waals surface area contributed by atoms with Crippen LogP contribution < -0.4 is 5.32 Å². The van der Waals surface area contributed by atoms with Crippen LogP contribution >= 0.6 is 0 Å². The van der Waals surface area contributed by atoms with Gasteiger partial charge in [0.15, 0.2) is 15.6 Å². The summed E-state index contributed by atoms with van der Waals surface area (Å²) in [5, 5.41) is 2.66. The molecule has 2 rings (SSSR count). The second kappa shape index (κ2) is 6.11. The van der Waals surface area contributed by atoms with Gasteiger partial charge in [-0.25, -0.2) is 8.42 Å². The van der Waals surface area contributed by atoms with Crippen molar-refractivity contribution < 1.29 is 18.0 Å². The fourth-order valence-electron chi connectivity index (χ4n) is 1.95. The minimum atomic E-state index is -3.30. The number of benzene rings is 2. The zero-order chi connectivity index (χ0) is 16.3. The van der Waals surface area contributed by atoms with Crippen LogP contribution in [0.4, 0.5) is 5.69 Å². The van der Waals surface area contributed by atoms with E-state index >= 15 is 0 Å². The molecular formula is C16H15NO4S. The molecular weight excluding hydrogens is 302 g/mol. The summed E-state index contributed by atoms with van der Waals surface area (Å²) in [4.78, 5) is 23.8. The number of amides is 1. The molecule has 0 spiro atoms. The Balaban J connectivity index is 2.25. The second-order valence-electron chi connectivity index (χ2n) is 4.85. The van der Waals surface area contributed by atoms with Gasteiger partial charge in [-0.15, -0.1) is 0 Å². The summed E-state index contributed by atoms with van der Waals surface area (Å²) >= 11 is 0. The van der Waals surface area contributed by atoms with Gasteiger partial charge in [-0.3, -0.25) is 9.59 Å². The van der Waals surface area contributed by atoms with Crippen molar-refractivity contribution in [3.63, 3.8) is 0 Å². The molecule has 0 radical (unpaired) electrons. The minimum absolute atomic E-state index is 0.146. The molecule has 0 aliphatic heterocycles. The summed E-state index contributed by atoms with van der Waals surface area (Å²) in [6.07, 6.45) is 1.10. The number of para-hydroxylation sites is 1. The highest BCUT2D eigenvalue weighted by molar-refractivity contribution is 7.90. The number of nitrogens with one attached hydrogen (secondary N) is 1. The molecule has 0 aliphatic rings. The molecule has 1 N–H and O–H groups in total. The standard InChI is InChI=1S/C16H15NO4S/c1-11(18)14-5-3-4-6-15(14)17-16(19)12-7-9-13(10-8-12)22(2,20)21/h3-10H,1-2H3,(H,17,19). The number of Topliss-reactive ketones (excluding diaryl/α,β-unsaturated/α-hetero) is 1. The van der Waals surface area contributed by atoms with Crippen LogP contribution in [0.15, 0.2) is 53.4 Å². The largest absolute Gasteiger partial charge is 0.321 e. The molecule has 0 aromatic heterocycles. The first-order valence-corrected chi connectivity index (χ1v) is 8.39. The van der Waals surface area contributed by atoms with Crippen molar-refractivity contribution in [1.29, 1.82) is 0 Å². The molecule has 22 heavy (non-hydrogen) atoms. The lowest BCUT2D eigenvalue weighted by Gasteiger charge is -2.09. The Labute approximate surface area is 128 Å². The molecule has 114 valence electrons. The molecule has 0 aliphatic carbocycles. The van der Waals surface area contributed by atoms with Crippen LogP contribution in [0.3, 0.4) is 0 Å². The van der Waals surface area contributed by atoms with Crippen LogP contribution in [-0.4, -0.2) is 26.4 Å². The van der Waals surface area contributed by atoms with Crippen LogP contribution in [0.2, 0.25) is 0 Å². The Morgan fingerprint density at radius 1 is 0.955 bits per heavy atom. The Bertz CT molecular complexity index is 823. The molecule has 1 amide bonds. The van der Waals surface area contributed by atoms with E-state index < -0.39 is 15.7 Å². The van der Waals surface area contributed by atoms with Crippen LogP contribution in [-0.2, 0) is 9.84 Å². The summed E-state index contributed by atoms with van der Waals surface area (Å²) in [5.41, 5.74) is 1.15. The van der Waals surface area contributed by atoms with Gasteiger partial charge in [-0.1, -0.05) is 12.1 Å². The Morgan fingerprint density at radius 3 is 2.09 bits per heavy atom. The highest BCUT2D eigenvalue weighted by atomic mass is 32.2. The molecule has 2 aromatic carbocycles. The number of hydrogen-bond acceptors (Lipinski definition) is 4. The first-order chi connectivity index (χ1) is 10.3. The average molecular weight is 317 g/mol. The minimum Gasteiger partial charge on any atom is -0.321 e. The van der Waals surface area contributed by atoms with Crippen molar-refractivity contribution in [2.24, 2.45) is 0 Å². The van der Waals surface area contributed by atoms with Gasteiger partial charge in [0.2, 0.25) is 0 Å². The predicted molar refractivity (Wildman–Crippen MR) is 84.0 cm³/mol. The summed E-state index contributed by atoms with van der Waals surface area (Å²) < 4.78 is 22.8. The van der Waals surface area contributed by atoms with Crippen molar-refractivity contribution in [2.45, 2.75) is 11.8 Å².